The summed E-state index contributed by atoms with van der Waals surface area (Å²) in [6.07, 6.45) is 6.98. The van der Waals surface area contributed by atoms with E-state index >= 15 is 0 Å². The highest BCUT2D eigenvalue weighted by Gasteiger charge is 2.53. The molecule has 3 rings (SSSR count). The molecule has 1 saturated carbocycles. The maximum Gasteiger partial charge on any atom is 0.241 e. The second-order valence-corrected chi connectivity index (χ2v) is 9.99. The van der Waals surface area contributed by atoms with E-state index in [1.807, 2.05) is 0 Å². The lowest BCUT2D eigenvalue weighted by molar-refractivity contribution is -0.138. The number of rotatable bonds is 7. The molecular weight excluding hydrogens is 364 g/mol. The van der Waals surface area contributed by atoms with E-state index in [2.05, 4.69) is 23.6 Å². The van der Waals surface area contributed by atoms with E-state index in [1.165, 1.54) is 0 Å². The molecule has 5 atom stereocenters. The van der Waals surface area contributed by atoms with Gasteiger partial charge in [-0.25, -0.2) is 0 Å². The van der Waals surface area contributed by atoms with Gasteiger partial charge in [-0.2, -0.15) is 0 Å². The Morgan fingerprint density at radius 3 is 2.45 bits per heavy atom. The number of carbonyl (C=O) groups is 1. The molecule has 5 unspecified atom stereocenters. The smallest absolute Gasteiger partial charge is 0.241 e. The molecule has 29 heavy (non-hydrogen) atoms. The zero-order chi connectivity index (χ0) is 21.1. The van der Waals surface area contributed by atoms with Crippen LogP contribution in [0.15, 0.2) is 0 Å². The molecule has 0 aromatic rings. The molecule has 7 N–H and O–H groups in total. The fourth-order valence-electron chi connectivity index (χ4n) is 5.83. The van der Waals surface area contributed by atoms with Crippen LogP contribution in [0.4, 0.5) is 0 Å². The molecule has 0 radical (unpaired) electrons. The first kappa shape index (κ1) is 22.5. The third-order valence-electron chi connectivity index (χ3n) is 7.67. The minimum atomic E-state index is -0.222. The van der Waals surface area contributed by atoms with Crippen molar-refractivity contribution in [2.75, 3.05) is 26.2 Å². The summed E-state index contributed by atoms with van der Waals surface area (Å²) in [7, 11) is 0. The van der Waals surface area contributed by atoms with Crippen LogP contribution < -0.4 is 17.2 Å². The molecule has 7 heteroatoms. The van der Waals surface area contributed by atoms with Crippen LogP contribution in [0.1, 0.15) is 58.8 Å². The van der Waals surface area contributed by atoms with Crippen molar-refractivity contribution in [3.8, 4) is 0 Å². The van der Waals surface area contributed by atoms with Crippen molar-refractivity contribution in [1.82, 2.24) is 9.80 Å². The number of fused-ring (bicyclic) bond motifs is 1. The van der Waals surface area contributed by atoms with Gasteiger partial charge in [0, 0.05) is 31.1 Å². The van der Waals surface area contributed by atoms with E-state index in [4.69, 9.17) is 22.6 Å². The quantitative estimate of drug-likeness (QED) is 0.375. The first-order valence-electron chi connectivity index (χ1n) is 11.7. The second kappa shape index (κ2) is 9.75. The third kappa shape index (κ3) is 4.94. The van der Waals surface area contributed by atoms with Crippen LogP contribution in [0.25, 0.3) is 0 Å². The van der Waals surface area contributed by atoms with Gasteiger partial charge >= 0.3 is 0 Å². The Kier molecular flexibility index (Phi) is 7.57. The van der Waals surface area contributed by atoms with Crippen molar-refractivity contribution in [3.63, 3.8) is 0 Å². The average Bonchev–Trinajstić information content (AvgIpc) is 2.98. The average molecular weight is 407 g/mol. The Hall–Kier alpha value is -1.18. The third-order valence-corrected chi connectivity index (χ3v) is 7.67. The predicted octanol–water partition coefficient (Wildman–Crippen LogP) is 1.35. The van der Waals surface area contributed by atoms with Crippen LogP contribution in [-0.4, -0.2) is 65.8 Å². The highest BCUT2D eigenvalue weighted by molar-refractivity contribution is 5.84. The van der Waals surface area contributed by atoms with Crippen molar-refractivity contribution in [1.29, 1.82) is 5.41 Å². The van der Waals surface area contributed by atoms with Gasteiger partial charge in [0.1, 0.15) is 6.04 Å². The zero-order valence-electron chi connectivity index (χ0n) is 18.4. The second-order valence-electron chi connectivity index (χ2n) is 9.99. The van der Waals surface area contributed by atoms with Crippen molar-refractivity contribution in [3.05, 3.63) is 0 Å². The minimum absolute atomic E-state index is 0.116. The van der Waals surface area contributed by atoms with Gasteiger partial charge in [0.25, 0.3) is 0 Å². The number of likely N-dealkylation sites (tertiary alicyclic amines) is 2. The SMILES string of the molecule is CC(C)CCN1C2CC(C(=N)N)CCC2C(N)C1C(=O)N1CCC(CCN)CC1. The summed E-state index contributed by atoms with van der Waals surface area (Å²) in [5.74, 6) is 2.21. The number of amides is 1. The highest BCUT2D eigenvalue weighted by atomic mass is 16.2. The fourth-order valence-corrected chi connectivity index (χ4v) is 5.83. The summed E-state index contributed by atoms with van der Waals surface area (Å²) in [4.78, 5) is 18.1. The maximum atomic E-state index is 13.6. The van der Waals surface area contributed by atoms with E-state index in [0.717, 1.165) is 71.1 Å². The number of nitrogens with zero attached hydrogens (tertiary/aromatic N) is 2. The van der Waals surface area contributed by atoms with E-state index in [-0.39, 0.29) is 35.8 Å². The minimum Gasteiger partial charge on any atom is -0.387 e. The molecule has 2 heterocycles. The van der Waals surface area contributed by atoms with Crippen LogP contribution in [0.2, 0.25) is 0 Å². The van der Waals surface area contributed by atoms with E-state index in [1.54, 1.807) is 0 Å². The first-order valence-corrected chi connectivity index (χ1v) is 11.7. The molecule has 0 aromatic carbocycles. The summed E-state index contributed by atoms with van der Waals surface area (Å²) in [5, 5.41) is 7.92. The topological polar surface area (TPSA) is 125 Å². The molecule has 166 valence electrons. The van der Waals surface area contributed by atoms with E-state index < -0.39 is 0 Å². The Labute approximate surface area is 176 Å². The van der Waals surface area contributed by atoms with Crippen molar-refractivity contribution < 1.29 is 4.79 Å². The normalized spacial score (nSPS) is 33.8. The van der Waals surface area contributed by atoms with Crippen LogP contribution in [-0.2, 0) is 4.79 Å². The van der Waals surface area contributed by atoms with Gasteiger partial charge in [-0.15, -0.1) is 0 Å². The number of amidine groups is 1. The molecule has 0 aromatic heterocycles. The molecular formula is C22H42N6O. The van der Waals surface area contributed by atoms with Crippen LogP contribution >= 0.6 is 0 Å². The van der Waals surface area contributed by atoms with Gasteiger partial charge in [0.05, 0.1) is 5.84 Å². The van der Waals surface area contributed by atoms with Crippen LogP contribution in [0, 0.1) is 29.1 Å². The Balaban J connectivity index is 1.74. The first-order chi connectivity index (χ1) is 13.8. The predicted molar refractivity (Wildman–Crippen MR) is 117 cm³/mol. The van der Waals surface area contributed by atoms with Gasteiger partial charge in [0.15, 0.2) is 0 Å². The number of carbonyl (C=O) groups excluding carboxylic acids is 1. The number of nitrogens with two attached hydrogens (primary N) is 3. The van der Waals surface area contributed by atoms with Crippen molar-refractivity contribution in [2.45, 2.75) is 76.9 Å². The molecule has 2 aliphatic heterocycles. The molecule has 2 saturated heterocycles. The lowest BCUT2D eigenvalue weighted by Crippen LogP contribution is -2.55. The van der Waals surface area contributed by atoms with Gasteiger partial charge in [-0.1, -0.05) is 13.8 Å². The van der Waals surface area contributed by atoms with Crippen molar-refractivity contribution >= 4 is 11.7 Å². The van der Waals surface area contributed by atoms with Crippen LogP contribution in [0.5, 0.6) is 0 Å². The monoisotopic (exact) mass is 406 g/mol. The lowest BCUT2D eigenvalue weighted by Gasteiger charge is -2.39. The zero-order valence-corrected chi connectivity index (χ0v) is 18.4. The van der Waals surface area contributed by atoms with Gasteiger partial charge in [-0.3, -0.25) is 15.1 Å². The lowest BCUT2D eigenvalue weighted by atomic mass is 9.76. The summed E-state index contributed by atoms with van der Waals surface area (Å²) in [6.45, 7) is 7.75. The number of hydrogen-bond donors (Lipinski definition) is 4. The van der Waals surface area contributed by atoms with Gasteiger partial charge < -0.3 is 22.1 Å². The fraction of sp³-hybridized carbons (Fsp3) is 0.909. The molecule has 0 spiro atoms. The summed E-state index contributed by atoms with van der Waals surface area (Å²) in [5.41, 5.74) is 18.3. The number of piperidine rings is 1. The molecule has 1 amide bonds. The Morgan fingerprint density at radius 1 is 1.17 bits per heavy atom. The maximum absolute atomic E-state index is 13.6. The largest absolute Gasteiger partial charge is 0.387 e. The number of nitrogens with one attached hydrogen (secondary N) is 1. The highest BCUT2D eigenvalue weighted by Crippen LogP contribution is 2.42. The van der Waals surface area contributed by atoms with Crippen LogP contribution in [0.3, 0.4) is 0 Å². The van der Waals surface area contributed by atoms with E-state index in [9.17, 15) is 4.79 Å². The molecule has 3 fully saturated rings. The van der Waals surface area contributed by atoms with E-state index in [0.29, 0.717) is 17.8 Å². The summed E-state index contributed by atoms with van der Waals surface area (Å²) >= 11 is 0. The Bertz CT molecular complexity index is 574. The standard InChI is InChI=1S/C22H42N6O/c1-14(2)6-12-28-18-13-16(21(25)26)3-4-17(18)19(24)20(28)22(29)27-10-7-15(5-9-23)8-11-27/h14-20H,3-13,23-24H2,1-2H3,(H3,25,26). The van der Waals surface area contributed by atoms with Gasteiger partial charge in [0.2, 0.25) is 5.91 Å². The Morgan fingerprint density at radius 2 is 1.86 bits per heavy atom. The number of hydrogen-bond acceptors (Lipinski definition) is 5. The molecule has 1 aliphatic carbocycles. The molecule has 7 nitrogen and oxygen atoms in total. The van der Waals surface area contributed by atoms with Crippen molar-refractivity contribution in [2.24, 2.45) is 40.9 Å². The molecule has 0 bridgehead atoms. The van der Waals surface area contributed by atoms with Gasteiger partial charge in [-0.05, 0) is 75.8 Å². The molecule has 3 aliphatic rings. The summed E-state index contributed by atoms with van der Waals surface area (Å²) < 4.78 is 0. The summed E-state index contributed by atoms with van der Waals surface area (Å²) in [6, 6.07) is -0.0648.